The number of hydrogen-bond acceptors (Lipinski definition) is 6. The number of esters is 1. The lowest BCUT2D eigenvalue weighted by molar-refractivity contribution is -0.140. The predicted octanol–water partition coefficient (Wildman–Crippen LogP) is 5.72. The van der Waals surface area contributed by atoms with Crippen LogP contribution in [-0.2, 0) is 20.9 Å². The second-order valence-electron chi connectivity index (χ2n) is 7.85. The number of para-hydroxylation sites is 1. The first-order valence-electron chi connectivity index (χ1n) is 11.4. The quantitative estimate of drug-likeness (QED) is 0.247. The van der Waals surface area contributed by atoms with Crippen LogP contribution in [0.4, 0.5) is 26.7 Å². The van der Waals surface area contributed by atoms with Crippen LogP contribution in [0.1, 0.15) is 24.0 Å². The maximum Gasteiger partial charge on any atom is 0.411 e. The van der Waals surface area contributed by atoms with Crippen LogP contribution >= 0.6 is 0 Å². The number of urea groups is 1. The highest BCUT2D eigenvalue weighted by atomic mass is 16.5. The van der Waals surface area contributed by atoms with Crippen LogP contribution < -0.4 is 20.7 Å². The van der Waals surface area contributed by atoms with E-state index in [9.17, 15) is 14.4 Å². The fourth-order valence-corrected chi connectivity index (χ4v) is 3.17. The van der Waals surface area contributed by atoms with Gasteiger partial charge in [0.2, 0.25) is 0 Å². The van der Waals surface area contributed by atoms with Gasteiger partial charge in [-0.1, -0.05) is 30.3 Å². The first kappa shape index (κ1) is 26.1. The Balaban J connectivity index is 1.41. The molecule has 0 fully saturated rings. The van der Waals surface area contributed by atoms with E-state index in [0.29, 0.717) is 30.2 Å². The Morgan fingerprint density at radius 3 is 2.28 bits per heavy atom. The fourth-order valence-electron chi connectivity index (χ4n) is 3.17. The normalized spacial score (nSPS) is 10.2. The number of aryl methyl sites for hydroxylation is 1. The van der Waals surface area contributed by atoms with E-state index in [0.717, 1.165) is 16.8 Å². The number of nitrogens with one attached hydrogen (secondary N) is 3. The summed E-state index contributed by atoms with van der Waals surface area (Å²) in [5.41, 5.74) is 3.54. The number of rotatable bonds is 10. The number of carbonyl (C=O) groups excluding carboxylic acids is 3. The molecule has 0 aromatic heterocycles. The van der Waals surface area contributed by atoms with E-state index in [1.165, 1.54) is 7.11 Å². The van der Waals surface area contributed by atoms with Crippen molar-refractivity contribution in [3.8, 4) is 5.75 Å². The smallest absolute Gasteiger partial charge is 0.411 e. The zero-order chi connectivity index (χ0) is 25.8. The number of methoxy groups -OCH3 is 1. The van der Waals surface area contributed by atoms with Crippen LogP contribution in [0.25, 0.3) is 0 Å². The maximum atomic E-state index is 12.2. The van der Waals surface area contributed by atoms with Gasteiger partial charge in [0.1, 0.15) is 12.4 Å². The van der Waals surface area contributed by atoms with Crippen molar-refractivity contribution in [1.29, 1.82) is 0 Å². The van der Waals surface area contributed by atoms with Crippen molar-refractivity contribution < 1.29 is 28.6 Å². The molecule has 0 atom stereocenters. The lowest BCUT2D eigenvalue weighted by Gasteiger charge is -2.11. The van der Waals surface area contributed by atoms with Crippen molar-refractivity contribution in [2.45, 2.75) is 26.4 Å². The minimum Gasteiger partial charge on any atom is -0.494 e. The second kappa shape index (κ2) is 13.4. The molecule has 9 nitrogen and oxygen atoms in total. The largest absolute Gasteiger partial charge is 0.494 e. The van der Waals surface area contributed by atoms with Gasteiger partial charge in [-0.05, 0) is 66.9 Å². The number of carbonyl (C=O) groups is 3. The van der Waals surface area contributed by atoms with Crippen molar-refractivity contribution in [3.05, 3.63) is 83.9 Å². The highest BCUT2D eigenvalue weighted by molar-refractivity contribution is 6.00. The topological polar surface area (TPSA) is 115 Å². The minimum atomic E-state index is -0.614. The Morgan fingerprint density at radius 1 is 0.833 bits per heavy atom. The monoisotopic (exact) mass is 491 g/mol. The molecule has 3 aromatic rings. The van der Waals surface area contributed by atoms with E-state index in [4.69, 9.17) is 9.47 Å². The van der Waals surface area contributed by atoms with Crippen molar-refractivity contribution in [2.24, 2.45) is 0 Å². The summed E-state index contributed by atoms with van der Waals surface area (Å²) in [7, 11) is 1.35. The standard InChI is InChI=1S/C27H29N3O6/c1-19-7-3-4-10-24(19)30-26(32)28-21-12-14-22(15-13-21)29-27(33)36-18-20-8-5-9-23(17-20)35-16-6-11-25(31)34-2/h3-5,7-10,12-15,17H,6,11,16,18H2,1-2H3,(H,29,33)(H2,28,30,32). The van der Waals surface area contributed by atoms with E-state index >= 15 is 0 Å². The van der Waals surface area contributed by atoms with Crippen LogP contribution in [0, 0.1) is 6.92 Å². The third kappa shape index (κ3) is 8.68. The van der Waals surface area contributed by atoms with E-state index in [-0.39, 0.29) is 25.0 Å². The molecule has 0 unspecified atom stereocenters. The summed E-state index contributed by atoms with van der Waals surface area (Å²) in [5, 5.41) is 8.19. The molecule has 0 spiro atoms. The van der Waals surface area contributed by atoms with Crippen LogP contribution in [0.5, 0.6) is 5.75 Å². The van der Waals surface area contributed by atoms with Crippen LogP contribution in [0.3, 0.4) is 0 Å². The number of amides is 3. The van der Waals surface area contributed by atoms with Gasteiger partial charge in [-0.25, -0.2) is 9.59 Å². The summed E-state index contributed by atoms with van der Waals surface area (Å²) in [6.07, 6.45) is 0.218. The molecule has 3 N–H and O–H groups in total. The second-order valence-corrected chi connectivity index (χ2v) is 7.85. The van der Waals surface area contributed by atoms with Crippen molar-refractivity contribution in [1.82, 2.24) is 0 Å². The molecule has 0 aliphatic rings. The highest BCUT2D eigenvalue weighted by Gasteiger charge is 2.08. The molecular weight excluding hydrogens is 462 g/mol. The molecule has 3 rings (SSSR count). The SMILES string of the molecule is COC(=O)CCCOc1cccc(COC(=O)Nc2ccc(NC(=O)Nc3ccccc3C)cc2)c1. The van der Waals surface area contributed by atoms with Gasteiger partial charge in [-0.15, -0.1) is 0 Å². The average molecular weight is 492 g/mol. The first-order chi connectivity index (χ1) is 17.4. The van der Waals surface area contributed by atoms with Crippen LogP contribution in [-0.4, -0.2) is 31.8 Å². The fraction of sp³-hybridized carbons (Fsp3) is 0.222. The van der Waals surface area contributed by atoms with Gasteiger partial charge in [0.05, 0.1) is 13.7 Å². The van der Waals surface area contributed by atoms with E-state index in [2.05, 4.69) is 20.7 Å². The molecule has 0 aliphatic carbocycles. The number of anilines is 3. The molecule has 0 heterocycles. The van der Waals surface area contributed by atoms with Gasteiger partial charge >= 0.3 is 18.1 Å². The highest BCUT2D eigenvalue weighted by Crippen LogP contribution is 2.18. The Hall–Kier alpha value is -4.53. The van der Waals surface area contributed by atoms with Crippen LogP contribution in [0.15, 0.2) is 72.8 Å². The van der Waals surface area contributed by atoms with Crippen molar-refractivity contribution in [3.63, 3.8) is 0 Å². The summed E-state index contributed by atoms with van der Waals surface area (Å²) in [6, 6.07) is 21.0. The third-order valence-electron chi connectivity index (χ3n) is 5.07. The zero-order valence-electron chi connectivity index (χ0n) is 20.2. The molecular formula is C27H29N3O6. The van der Waals surface area contributed by atoms with E-state index in [1.54, 1.807) is 42.5 Å². The summed E-state index contributed by atoms with van der Waals surface area (Å²) in [5.74, 6) is 0.345. The molecule has 9 heteroatoms. The molecule has 0 aliphatic heterocycles. The first-order valence-corrected chi connectivity index (χ1v) is 11.4. The Labute approximate surface area is 209 Å². The molecule has 0 bridgehead atoms. The molecule has 0 saturated carbocycles. The molecule has 0 saturated heterocycles. The molecule has 36 heavy (non-hydrogen) atoms. The summed E-state index contributed by atoms with van der Waals surface area (Å²) in [4.78, 5) is 35.5. The Kier molecular flexibility index (Phi) is 9.69. The zero-order valence-corrected chi connectivity index (χ0v) is 20.2. The molecule has 0 radical (unpaired) electrons. The van der Waals surface area contributed by atoms with Crippen molar-refractivity contribution >= 4 is 35.2 Å². The molecule has 188 valence electrons. The summed E-state index contributed by atoms with van der Waals surface area (Å²) >= 11 is 0. The van der Waals surface area contributed by atoms with Gasteiger partial charge in [-0.3, -0.25) is 10.1 Å². The molecule has 3 aromatic carbocycles. The number of ether oxygens (including phenoxy) is 3. The van der Waals surface area contributed by atoms with Gasteiger partial charge in [0, 0.05) is 23.5 Å². The van der Waals surface area contributed by atoms with Crippen LogP contribution in [0.2, 0.25) is 0 Å². The van der Waals surface area contributed by atoms with E-state index in [1.807, 2.05) is 37.3 Å². The third-order valence-corrected chi connectivity index (χ3v) is 5.07. The maximum absolute atomic E-state index is 12.2. The van der Waals surface area contributed by atoms with Gasteiger partial charge in [0.25, 0.3) is 0 Å². The van der Waals surface area contributed by atoms with Gasteiger partial charge in [-0.2, -0.15) is 0 Å². The summed E-state index contributed by atoms with van der Waals surface area (Å²) in [6.45, 7) is 2.35. The lowest BCUT2D eigenvalue weighted by atomic mass is 10.2. The predicted molar refractivity (Wildman–Crippen MR) is 137 cm³/mol. The Morgan fingerprint density at radius 2 is 1.56 bits per heavy atom. The van der Waals surface area contributed by atoms with Crippen molar-refractivity contribution in [2.75, 3.05) is 29.7 Å². The van der Waals surface area contributed by atoms with Gasteiger partial charge in [0.15, 0.2) is 0 Å². The number of hydrogen-bond donors (Lipinski definition) is 3. The summed E-state index contributed by atoms with van der Waals surface area (Å²) < 4.78 is 15.5. The van der Waals surface area contributed by atoms with Gasteiger partial charge < -0.3 is 24.8 Å². The Bertz CT molecular complexity index is 1180. The lowest BCUT2D eigenvalue weighted by Crippen LogP contribution is -2.20. The molecule has 3 amide bonds. The average Bonchev–Trinajstić information content (AvgIpc) is 2.88. The van der Waals surface area contributed by atoms with E-state index < -0.39 is 6.09 Å². The minimum absolute atomic E-state index is 0.0594. The number of benzene rings is 3.